The van der Waals surface area contributed by atoms with Crippen LogP contribution in [0, 0.1) is 0 Å². The molecule has 0 spiro atoms. The van der Waals surface area contributed by atoms with Gasteiger partial charge in [-0.3, -0.25) is 9.78 Å². The molecule has 0 atom stereocenters. The van der Waals surface area contributed by atoms with Crippen molar-refractivity contribution < 1.29 is 4.79 Å². The Bertz CT molecular complexity index is 401. The Labute approximate surface area is 95.7 Å². The summed E-state index contributed by atoms with van der Waals surface area (Å²) >= 11 is 0. The van der Waals surface area contributed by atoms with E-state index in [9.17, 15) is 4.79 Å². The zero-order chi connectivity index (χ0) is 12.0. The molecule has 0 saturated heterocycles. The van der Waals surface area contributed by atoms with E-state index in [1.54, 1.807) is 14.1 Å². The quantitative estimate of drug-likeness (QED) is 0.677. The number of rotatable bonds is 0. The molecule has 1 aromatic heterocycles. The van der Waals surface area contributed by atoms with Crippen molar-refractivity contribution >= 4 is 16.8 Å². The molecule has 3 nitrogen and oxygen atoms in total. The van der Waals surface area contributed by atoms with E-state index in [0.29, 0.717) is 0 Å². The van der Waals surface area contributed by atoms with Crippen molar-refractivity contribution in [3.05, 3.63) is 42.6 Å². The summed E-state index contributed by atoms with van der Waals surface area (Å²) in [5, 5.41) is 1.20. The average Bonchev–Trinajstić information content (AvgIpc) is 2.30. The average molecular weight is 216 g/mol. The third-order valence-corrected chi connectivity index (χ3v) is 2.14. The highest BCUT2D eigenvalue weighted by Gasteiger charge is 1.87. The van der Waals surface area contributed by atoms with E-state index in [-0.39, 0.29) is 5.91 Å². The molecule has 0 aliphatic heterocycles. The molecule has 0 radical (unpaired) electrons. The number of amides is 1. The van der Waals surface area contributed by atoms with Crippen molar-refractivity contribution in [3.63, 3.8) is 0 Å². The fraction of sp³-hybridized carbons (Fsp3) is 0.231. The number of benzene rings is 1. The summed E-state index contributed by atoms with van der Waals surface area (Å²) in [4.78, 5) is 15.8. The van der Waals surface area contributed by atoms with Crippen molar-refractivity contribution in [1.82, 2.24) is 9.88 Å². The van der Waals surface area contributed by atoms with Gasteiger partial charge in [-0.25, -0.2) is 0 Å². The first-order chi connectivity index (χ1) is 7.61. The van der Waals surface area contributed by atoms with Crippen LogP contribution in [0.3, 0.4) is 0 Å². The van der Waals surface area contributed by atoms with Gasteiger partial charge >= 0.3 is 0 Å². The van der Waals surface area contributed by atoms with E-state index >= 15 is 0 Å². The predicted octanol–water partition coefficient (Wildman–Crippen LogP) is 2.33. The van der Waals surface area contributed by atoms with Crippen LogP contribution in [0.15, 0.2) is 42.6 Å². The highest BCUT2D eigenvalue weighted by atomic mass is 16.2. The zero-order valence-electron chi connectivity index (χ0n) is 9.84. The molecule has 0 aliphatic carbocycles. The van der Waals surface area contributed by atoms with Crippen molar-refractivity contribution in [1.29, 1.82) is 0 Å². The highest BCUT2D eigenvalue weighted by molar-refractivity contribution is 5.77. The van der Waals surface area contributed by atoms with Crippen LogP contribution in [0.4, 0.5) is 0 Å². The Balaban J connectivity index is 0.000000187. The second-order valence-corrected chi connectivity index (χ2v) is 3.61. The van der Waals surface area contributed by atoms with Crippen molar-refractivity contribution in [2.24, 2.45) is 0 Å². The maximum absolute atomic E-state index is 10.1. The van der Waals surface area contributed by atoms with E-state index in [4.69, 9.17) is 0 Å². The lowest BCUT2D eigenvalue weighted by Gasteiger charge is -2.02. The van der Waals surface area contributed by atoms with Gasteiger partial charge in [-0.15, -0.1) is 0 Å². The number of pyridine rings is 1. The fourth-order valence-electron chi connectivity index (χ4n) is 1.02. The minimum atomic E-state index is 0.0926. The van der Waals surface area contributed by atoms with Crippen LogP contribution >= 0.6 is 0 Å². The zero-order valence-corrected chi connectivity index (χ0v) is 9.84. The first kappa shape index (κ1) is 12.2. The molecule has 0 unspecified atom stereocenters. The molecule has 1 amide bonds. The number of hydrogen-bond acceptors (Lipinski definition) is 2. The summed E-state index contributed by atoms with van der Waals surface area (Å²) in [7, 11) is 3.45. The summed E-state index contributed by atoms with van der Waals surface area (Å²) in [6.45, 7) is 1.53. The van der Waals surface area contributed by atoms with Gasteiger partial charge in [-0.05, 0) is 12.1 Å². The first-order valence-corrected chi connectivity index (χ1v) is 5.09. The second kappa shape index (κ2) is 5.85. The van der Waals surface area contributed by atoms with Crippen molar-refractivity contribution in [3.8, 4) is 0 Å². The van der Waals surface area contributed by atoms with E-state index in [0.717, 1.165) is 5.52 Å². The molecule has 1 aromatic carbocycles. The van der Waals surface area contributed by atoms with Crippen LogP contribution in [0.1, 0.15) is 6.92 Å². The Hall–Kier alpha value is -1.90. The van der Waals surface area contributed by atoms with Gasteiger partial charge in [0.05, 0.1) is 5.52 Å². The van der Waals surface area contributed by atoms with E-state index in [1.807, 2.05) is 30.5 Å². The van der Waals surface area contributed by atoms with Gasteiger partial charge in [-0.2, -0.15) is 0 Å². The maximum Gasteiger partial charge on any atom is 0.218 e. The number of para-hydroxylation sites is 1. The molecule has 84 valence electrons. The standard InChI is InChI=1S/C9H7N.C4H9NO/c1-2-6-9-8(4-1)5-3-7-10-9;1-4(6)5(2)3/h1-7H;1-3H3. The van der Waals surface area contributed by atoms with Gasteiger partial charge in [0, 0.05) is 32.6 Å². The second-order valence-electron chi connectivity index (χ2n) is 3.61. The number of carbonyl (C=O) groups excluding carboxylic acids is 1. The Morgan fingerprint density at radius 2 is 1.69 bits per heavy atom. The third kappa shape index (κ3) is 3.69. The van der Waals surface area contributed by atoms with Crippen LogP contribution in [0.25, 0.3) is 10.9 Å². The number of nitrogens with zero attached hydrogens (tertiary/aromatic N) is 2. The molecule has 16 heavy (non-hydrogen) atoms. The Morgan fingerprint density at radius 3 is 2.25 bits per heavy atom. The lowest BCUT2D eigenvalue weighted by Crippen LogP contribution is -2.17. The SMILES string of the molecule is CC(=O)N(C)C.c1ccc2ncccc2c1. The minimum absolute atomic E-state index is 0.0926. The van der Waals surface area contributed by atoms with Gasteiger partial charge in [0.15, 0.2) is 0 Å². The molecule has 3 heteroatoms. The lowest BCUT2D eigenvalue weighted by molar-refractivity contribution is -0.126. The monoisotopic (exact) mass is 216 g/mol. The van der Waals surface area contributed by atoms with Gasteiger partial charge in [0.25, 0.3) is 0 Å². The normalized spacial score (nSPS) is 9.19. The van der Waals surface area contributed by atoms with Crippen LogP contribution in [-0.4, -0.2) is 29.9 Å². The van der Waals surface area contributed by atoms with Gasteiger partial charge in [0.1, 0.15) is 0 Å². The smallest absolute Gasteiger partial charge is 0.218 e. The molecule has 2 rings (SSSR count). The van der Waals surface area contributed by atoms with Crippen molar-refractivity contribution in [2.45, 2.75) is 6.92 Å². The van der Waals surface area contributed by atoms with E-state index < -0.39 is 0 Å². The van der Waals surface area contributed by atoms with Crippen LogP contribution in [0.2, 0.25) is 0 Å². The third-order valence-electron chi connectivity index (χ3n) is 2.14. The molecule has 0 fully saturated rings. The summed E-state index contributed by atoms with van der Waals surface area (Å²) in [5.41, 5.74) is 1.06. The fourth-order valence-corrected chi connectivity index (χ4v) is 1.02. The molecule has 0 bridgehead atoms. The van der Waals surface area contributed by atoms with E-state index in [1.165, 1.54) is 17.2 Å². The van der Waals surface area contributed by atoms with Gasteiger partial charge in [-0.1, -0.05) is 24.3 Å². The van der Waals surface area contributed by atoms with Gasteiger partial charge < -0.3 is 4.90 Å². The summed E-state index contributed by atoms with van der Waals surface area (Å²) in [5.74, 6) is 0.0926. The van der Waals surface area contributed by atoms with Crippen LogP contribution in [-0.2, 0) is 4.79 Å². The summed E-state index contributed by atoms with van der Waals surface area (Å²) < 4.78 is 0. The first-order valence-electron chi connectivity index (χ1n) is 5.09. The number of carbonyl (C=O) groups is 1. The topological polar surface area (TPSA) is 33.2 Å². The van der Waals surface area contributed by atoms with Gasteiger partial charge in [0.2, 0.25) is 5.91 Å². The maximum atomic E-state index is 10.1. The van der Waals surface area contributed by atoms with Crippen LogP contribution < -0.4 is 0 Å². The minimum Gasteiger partial charge on any atom is -0.349 e. The summed E-state index contributed by atoms with van der Waals surface area (Å²) in [6.07, 6.45) is 1.81. The number of aromatic nitrogens is 1. The predicted molar refractivity (Wildman–Crippen MR) is 66.1 cm³/mol. The van der Waals surface area contributed by atoms with Crippen LogP contribution in [0.5, 0.6) is 0 Å². The van der Waals surface area contributed by atoms with E-state index in [2.05, 4.69) is 17.1 Å². The lowest BCUT2D eigenvalue weighted by atomic mass is 10.2. The molecule has 1 heterocycles. The molecule has 0 aliphatic rings. The number of fused-ring (bicyclic) bond motifs is 1. The number of hydrogen-bond donors (Lipinski definition) is 0. The largest absolute Gasteiger partial charge is 0.349 e. The molecular weight excluding hydrogens is 200 g/mol. The van der Waals surface area contributed by atoms with Crippen molar-refractivity contribution in [2.75, 3.05) is 14.1 Å². The Kier molecular flexibility index (Phi) is 4.45. The molecule has 0 N–H and O–H groups in total. The summed E-state index contributed by atoms with van der Waals surface area (Å²) in [6, 6.07) is 12.1. The molecule has 2 aromatic rings. The molecular formula is C13H16N2O. The highest BCUT2D eigenvalue weighted by Crippen LogP contribution is 2.07. The Morgan fingerprint density at radius 1 is 1.12 bits per heavy atom. The molecule has 0 saturated carbocycles.